The number of nitrogen functional groups attached to an aromatic ring is 1. The Morgan fingerprint density at radius 1 is 0.672 bits per heavy atom. The number of Topliss-reactive ketones (excluding diaryl/α,β-unsaturated/α-hetero) is 2. The van der Waals surface area contributed by atoms with Crippen molar-refractivity contribution < 1.29 is 32.8 Å². The van der Waals surface area contributed by atoms with E-state index < -0.39 is 20.5 Å². The number of carbonyl (C=O) groups excluding carboxylic acids is 2. The Bertz CT molecular complexity index is 2240. The molecule has 0 radical (unpaired) electrons. The van der Waals surface area contributed by atoms with Gasteiger partial charge in [-0.3, -0.25) is 34.4 Å². The number of rotatable bonds is 8. The molecule has 18 heteroatoms. The second-order valence-corrected chi connectivity index (χ2v) is 22.3. The van der Waals surface area contributed by atoms with E-state index in [1.54, 1.807) is 57.4 Å². The maximum absolute atomic E-state index is 11.9. The average molecular weight is 879 g/mol. The summed E-state index contributed by atoms with van der Waals surface area (Å²) in [4.78, 5) is 52.8. The molecule has 3 aromatic carbocycles. The summed E-state index contributed by atoms with van der Waals surface area (Å²) in [6, 6.07) is 19.8. The molecule has 2 N–H and O–H groups in total. The number of para-hydroxylation sites is 3. The summed E-state index contributed by atoms with van der Waals surface area (Å²) >= 11 is 13.8. The number of hydrogen-bond donors (Lipinski definition) is 1. The fraction of sp³-hybridized carbons (Fsp3) is 0.350. The van der Waals surface area contributed by atoms with Crippen molar-refractivity contribution in [2.45, 2.75) is 86.0 Å². The van der Waals surface area contributed by atoms with Crippen molar-refractivity contribution in [2.75, 3.05) is 5.73 Å². The summed E-state index contributed by atoms with van der Waals surface area (Å²) in [5.41, 5.74) is 6.95. The second-order valence-electron chi connectivity index (χ2n) is 15.7. The number of nitrogens with zero attached hydrogens (tertiary/aromatic N) is 4. The summed E-state index contributed by atoms with van der Waals surface area (Å²) in [5.74, 6) is 2.04. The average Bonchev–Trinajstić information content (AvgIpc) is 3.82. The van der Waals surface area contributed by atoms with Crippen LogP contribution in [-0.4, -0.2) is 31.4 Å². The van der Waals surface area contributed by atoms with Gasteiger partial charge in [-0.15, -0.1) is 0 Å². The summed E-state index contributed by atoms with van der Waals surface area (Å²) in [6.07, 6.45) is 3.49. The Kier molecular flexibility index (Phi) is 17.6. The third-order valence-corrected chi connectivity index (χ3v) is 7.83. The third kappa shape index (κ3) is 16.2. The number of nitro benzene ring substituents is 2. The van der Waals surface area contributed by atoms with Crippen LogP contribution in [0.1, 0.15) is 97.0 Å². The molecule has 0 bridgehead atoms. The summed E-state index contributed by atoms with van der Waals surface area (Å²) in [7, 11) is 0. The van der Waals surface area contributed by atoms with Crippen molar-refractivity contribution >= 4 is 67.6 Å². The highest BCUT2D eigenvalue weighted by Gasteiger charge is 2.25. The van der Waals surface area contributed by atoms with Gasteiger partial charge in [0, 0.05) is 46.9 Å². The van der Waals surface area contributed by atoms with Gasteiger partial charge in [0.05, 0.1) is 33.4 Å². The first kappa shape index (κ1) is 49.3. The van der Waals surface area contributed by atoms with Gasteiger partial charge in [0.15, 0.2) is 5.78 Å². The molecule has 0 aliphatic carbocycles. The van der Waals surface area contributed by atoms with Crippen LogP contribution in [0.3, 0.4) is 0 Å². The summed E-state index contributed by atoms with van der Waals surface area (Å²) in [6.45, 7) is 17.6. The van der Waals surface area contributed by atoms with E-state index in [0.29, 0.717) is 22.9 Å². The SMILES string of the molecule is CC(C)(C)C(=O)CCC(=O)c1ccccc1[N+](=O)[O-].CC(C)(C)c1cnc(-c2ccccc2N)o1.CC(C)(C)c1cnc(-c2ccccc2[N+](=O)[O-])o1.O=P(Cl)(Cl)Cl. The van der Waals surface area contributed by atoms with E-state index in [2.05, 4.69) is 64.5 Å². The minimum atomic E-state index is -3.22. The molecule has 0 unspecified atom stereocenters. The molecule has 0 aliphatic heterocycles. The molecule has 0 saturated carbocycles. The number of nitrogens with two attached hydrogens (primary N) is 1. The second kappa shape index (κ2) is 20.7. The highest BCUT2D eigenvalue weighted by atomic mass is 36.0. The lowest BCUT2D eigenvalue weighted by molar-refractivity contribution is -0.385. The van der Waals surface area contributed by atoms with Gasteiger partial charge in [-0.25, -0.2) is 9.97 Å². The van der Waals surface area contributed by atoms with E-state index in [0.717, 1.165) is 11.3 Å². The van der Waals surface area contributed by atoms with Gasteiger partial charge in [-0.05, 0) is 58.0 Å². The van der Waals surface area contributed by atoms with Crippen LogP contribution in [-0.2, 0) is 20.2 Å². The Hall–Kier alpha value is -4.88. The first-order chi connectivity index (χ1) is 26.6. The molecule has 2 aromatic heterocycles. The lowest BCUT2D eigenvalue weighted by atomic mass is 9.87. The predicted octanol–water partition coefficient (Wildman–Crippen LogP) is 12.8. The lowest BCUT2D eigenvalue weighted by Crippen LogP contribution is -2.20. The Labute approximate surface area is 351 Å². The summed E-state index contributed by atoms with van der Waals surface area (Å²) < 4.78 is 20.8. The zero-order chi connectivity index (χ0) is 44.2. The highest BCUT2D eigenvalue weighted by molar-refractivity contribution is 8.24. The van der Waals surface area contributed by atoms with Crippen LogP contribution in [0.2, 0.25) is 0 Å². The van der Waals surface area contributed by atoms with Gasteiger partial charge >= 0.3 is 5.20 Å². The van der Waals surface area contributed by atoms with Crippen LogP contribution in [0.4, 0.5) is 17.1 Å². The van der Waals surface area contributed by atoms with Crippen LogP contribution in [0, 0.1) is 25.6 Å². The van der Waals surface area contributed by atoms with Crippen molar-refractivity contribution in [2.24, 2.45) is 5.41 Å². The first-order valence-electron chi connectivity index (χ1n) is 17.6. The molecule has 5 rings (SSSR count). The van der Waals surface area contributed by atoms with Gasteiger partial charge in [0.25, 0.3) is 11.4 Å². The molecule has 58 heavy (non-hydrogen) atoms. The largest absolute Gasteiger partial charge is 0.441 e. The topological polar surface area (TPSA) is 216 Å². The highest BCUT2D eigenvalue weighted by Crippen LogP contribution is 2.61. The molecule has 0 amide bonds. The van der Waals surface area contributed by atoms with Crippen LogP contribution in [0.25, 0.3) is 22.9 Å². The van der Waals surface area contributed by atoms with Crippen molar-refractivity contribution in [3.63, 3.8) is 0 Å². The number of oxazole rings is 2. The van der Waals surface area contributed by atoms with Crippen molar-refractivity contribution in [3.05, 3.63) is 123 Å². The van der Waals surface area contributed by atoms with Crippen molar-refractivity contribution in [1.29, 1.82) is 0 Å². The predicted molar refractivity (Wildman–Crippen MR) is 229 cm³/mol. The van der Waals surface area contributed by atoms with E-state index in [9.17, 15) is 34.4 Å². The number of hydrogen-bond acceptors (Lipinski definition) is 12. The van der Waals surface area contributed by atoms with E-state index in [4.69, 9.17) is 14.6 Å². The van der Waals surface area contributed by atoms with E-state index in [1.165, 1.54) is 24.3 Å². The Morgan fingerprint density at radius 3 is 1.48 bits per heavy atom. The van der Waals surface area contributed by atoms with Crippen LogP contribution < -0.4 is 5.73 Å². The Balaban J connectivity index is 0.000000284. The number of benzene rings is 3. The molecular formula is C40H47Cl3N5O9P. The first-order valence-corrected chi connectivity index (χ1v) is 22.0. The van der Waals surface area contributed by atoms with Crippen LogP contribution in [0.5, 0.6) is 0 Å². The third-order valence-electron chi connectivity index (χ3n) is 7.83. The number of halogens is 3. The number of aromatic nitrogens is 2. The van der Waals surface area contributed by atoms with Gasteiger partial charge in [0.2, 0.25) is 11.8 Å². The number of carbonyl (C=O) groups is 2. The van der Waals surface area contributed by atoms with Crippen molar-refractivity contribution in [1.82, 2.24) is 9.97 Å². The standard InChI is InChI=1S/C14H17NO4.C13H14N2O3.C13H16N2O.Cl3OP/c1-14(2,3)13(17)9-8-12(16)10-6-4-5-7-11(10)15(18)19;1-13(2,3)11-8-14-12(18-11)9-6-4-5-7-10(9)15(16)17;1-13(2,3)11-8-15-12(16-11)9-6-4-5-7-10(9)14;1-5(2,3)4/h4-7H,8-9H2,1-3H3;4-8H,1-3H3;4-8H,14H2,1-3H3;. The van der Waals surface area contributed by atoms with Crippen LogP contribution >= 0.6 is 38.9 Å². The van der Waals surface area contributed by atoms with E-state index in [-0.39, 0.29) is 58.1 Å². The van der Waals surface area contributed by atoms with Gasteiger partial charge in [-0.2, -0.15) is 0 Å². The number of ketones is 2. The molecule has 0 aliphatic rings. The fourth-order valence-corrected chi connectivity index (χ4v) is 4.60. The maximum atomic E-state index is 11.9. The smallest absolute Gasteiger partial charge is 0.339 e. The molecule has 14 nitrogen and oxygen atoms in total. The van der Waals surface area contributed by atoms with Crippen molar-refractivity contribution in [3.8, 4) is 22.9 Å². The minimum absolute atomic E-state index is 0.000177. The molecule has 5 aromatic rings. The zero-order valence-electron chi connectivity index (χ0n) is 33.6. The number of anilines is 1. The van der Waals surface area contributed by atoms with Gasteiger partial charge in [0.1, 0.15) is 22.9 Å². The molecule has 312 valence electrons. The normalized spacial score (nSPS) is 11.4. The van der Waals surface area contributed by atoms with Crippen LogP contribution in [0.15, 0.2) is 94.0 Å². The van der Waals surface area contributed by atoms with Gasteiger partial charge in [-0.1, -0.05) is 98.7 Å². The molecule has 0 fully saturated rings. The molecule has 2 heterocycles. The van der Waals surface area contributed by atoms with Gasteiger partial charge < -0.3 is 14.6 Å². The Morgan fingerprint density at radius 2 is 1.07 bits per heavy atom. The summed E-state index contributed by atoms with van der Waals surface area (Å²) in [5, 5.41) is 18.5. The molecule has 0 atom stereocenters. The minimum Gasteiger partial charge on any atom is -0.441 e. The quantitative estimate of drug-likeness (QED) is 0.0506. The zero-order valence-corrected chi connectivity index (χ0v) is 36.8. The lowest BCUT2D eigenvalue weighted by Gasteiger charge is -2.15. The number of nitro groups is 2. The molecular weight excluding hydrogens is 832 g/mol. The fourth-order valence-electron chi connectivity index (χ4n) is 4.60. The van der Waals surface area contributed by atoms with E-state index >= 15 is 0 Å². The van der Waals surface area contributed by atoms with E-state index in [1.807, 2.05) is 45.0 Å². The molecule has 0 spiro atoms. The molecule has 0 saturated heterocycles. The monoisotopic (exact) mass is 877 g/mol. The maximum Gasteiger partial charge on any atom is 0.339 e.